The molecule has 0 aliphatic rings. The molecule has 0 amide bonds. The average molecular weight is 135 g/mol. The first-order valence-electron chi connectivity index (χ1n) is 2.89. The number of nitrogens with zero attached hydrogens (tertiary/aromatic N) is 2. The molecular formula is C7H7N2O+. The van der Waals surface area contributed by atoms with Crippen molar-refractivity contribution < 1.29 is 9.94 Å². The molecule has 10 heavy (non-hydrogen) atoms. The lowest BCUT2D eigenvalue weighted by Gasteiger charge is -1.86. The van der Waals surface area contributed by atoms with Crippen LogP contribution in [0.1, 0.15) is 5.56 Å². The van der Waals surface area contributed by atoms with Crippen molar-refractivity contribution in [3.63, 3.8) is 0 Å². The number of rotatable bonds is 1. The van der Waals surface area contributed by atoms with E-state index in [1.807, 2.05) is 6.07 Å². The smallest absolute Gasteiger partial charge is 0.226 e. The fourth-order valence-electron chi connectivity index (χ4n) is 0.707. The van der Waals surface area contributed by atoms with E-state index in [2.05, 4.69) is 0 Å². The second-order valence-electron chi connectivity index (χ2n) is 1.93. The molecule has 0 fully saturated rings. The third-order valence-corrected chi connectivity index (χ3v) is 1.13. The van der Waals surface area contributed by atoms with Crippen LogP contribution in [0.4, 0.5) is 0 Å². The second kappa shape index (κ2) is 2.83. The summed E-state index contributed by atoms with van der Waals surface area (Å²) in [5, 5.41) is 17.1. The topological polar surface area (TPSA) is 47.9 Å². The predicted molar refractivity (Wildman–Crippen MR) is 33.1 cm³/mol. The Labute approximate surface area is 58.7 Å². The Bertz CT molecular complexity index is 265. The van der Waals surface area contributed by atoms with Crippen LogP contribution in [-0.4, -0.2) is 5.21 Å². The van der Waals surface area contributed by atoms with Gasteiger partial charge < -0.3 is 0 Å². The van der Waals surface area contributed by atoms with Gasteiger partial charge in [0, 0.05) is 16.4 Å². The zero-order chi connectivity index (χ0) is 7.40. The highest BCUT2D eigenvalue weighted by molar-refractivity contribution is 5.09. The molecule has 0 radical (unpaired) electrons. The summed E-state index contributed by atoms with van der Waals surface area (Å²) in [5.41, 5.74) is 0.813. The molecule has 1 N–H and O–H groups in total. The highest BCUT2D eigenvalue weighted by atomic mass is 16.5. The van der Waals surface area contributed by atoms with Crippen LogP contribution in [0.2, 0.25) is 0 Å². The lowest BCUT2D eigenvalue weighted by atomic mass is 10.2. The van der Waals surface area contributed by atoms with Crippen LogP contribution >= 0.6 is 0 Å². The quantitative estimate of drug-likeness (QED) is 0.444. The van der Waals surface area contributed by atoms with Crippen LogP contribution in [0, 0.1) is 11.3 Å². The van der Waals surface area contributed by atoms with E-state index >= 15 is 0 Å². The SMILES string of the molecule is N#CCc1ccc[n+](O)c1. The van der Waals surface area contributed by atoms with Crippen LogP contribution < -0.4 is 4.73 Å². The summed E-state index contributed by atoms with van der Waals surface area (Å²) < 4.78 is 0.937. The molecular weight excluding hydrogens is 128 g/mol. The summed E-state index contributed by atoms with van der Waals surface area (Å²) >= 11 is 0. The van der Waals surface area contributed by atoms with Crippen molar-refractivity contribution in [3.05, 3.63) is 30.1 Å². The van der Waals surface area contributed by atoms with Crippen LogP contribution in [0.5, 0.6) is 0 Å². The number of nitriles is 1. The lowest BCUT2D eigenvalue weighted by Crippen LogP contribution is -2.28. The van der Waals surface area contributed by atoms with Gasteiger partial charge in [0.15, 0.2) is 0 Å². The summed E-state index contributed by atoms with van der Waals surface area (Å²) in [7, 11) is 0. The van der Waals surface area contributed by atoms with Crippen molar-refractivity contribution in [3.8, 4) is 6.07 Å². The van der Waals surface area contributed by atoms with E-state index in [-0.39, 0.29) is 0 Å². The first-order chi connectivity index (χ1) is 4.83. The van der Waals surface area contributed by atoms with Gasteiger partial charge in [-0.05, 0) is 6.07 Å². The number of hydrogen-bond acceptors (Lipinski definition) is 2. The Morgan fingerprint density at radius 1 is 1.70 bits per heavy atom. The number of aromatic nitrogens is 1. The highest BCUT2D eigenvalue weighted by Gasteiger charge is 1.97. The molecule has 3 heteroatoms. The van der Waals surface area contributed by atoms with E-state index in [1.54, 1.807) is 12.1 Å². The molecule has 1 aromatic heterocycles. The highest BCUT2D eigenvalue weighted by Crippen LogP contribution is 1.92. The third kappa shape index (κ3) is 1.46. The minimum absolute atomic E-state index is 0.335. The number of hydrogen-bond donors (Lipinski definition) is 1. The molecule has 0 aromatic carbocycles. The van der Waals surface area contributed by atoms with E-state index in [4.69, 9.17) is 10.5 Å². The van der Waals surface area contributed by atoms with Crippen LogP contribution in [0.3, 0.4) is 0 Å². The molecule has 50 valence electrons. The molecule has 0 saturated carbocycles. The normalized spacial score (nSPS) is 8.70. The van der Waals surface area contributed by atoms with Crippen molar-refractivity contribution in [1.82, 2.24) is 0 Å². The van der Waals surface area contributed by atoms with E-state index in [0.29, 0.717) is 6.42 Å². The van der Waals surface area contributed by atoms with Gasteiger partial charge in [0.2, 0.25) is 12.4 Å². The molecule has 0 saturated heterocycles. The lowest BCUT2D eigenvalue weighted by molar-refractivity contribution is -0.905. The zero-order valence-corrected chi connectivity index (χ0v) is 5.36. The minimum atomic E-state index is 0.335. The van der Waals surface area contributed by atoms with Crippen molar-refractivity contribution in [2.24, 2.45) is 0 Å². The monoisotopic (exact) mass is 135 g/mol. The van der Waals surface area contributed by atoms with Gasteiger partial charge >= 0.3 is 0 Å². The molecule has 0 aliphatic carbocycles. The molecule has 1 heterocycles. The summed E-state index contributed by atoms with van der Waals surface area (Å²) in [6, 6.07) is 5.46. The zero-order valence-electron chi connectivity index (χ0n) is 5.36. The Kier molecular flexibility index (Phi) is 1.86. The van der Waals surface area contributed by atoms with Gasteiger partial charge in [0.05, 0.1) is 12.5 Å². The van der Waals surface area contributed by atoms with Gasteiger partial charge in [0.1, 0.15) is 0 Å². The summed E-state index contributed by atoms with van der Waals surface area (Å²) in [6.45, 7) is 0. The molecule has 0 aliphatic heterocycles. The van der Waals surface area contributed by atoms with Gasteiger partial charge in [-0.25, -0.2) is 0 Å². The first-order valence-corrected chi connectivity index (χ1v) is 2.89. The van der Waals surface area contributed by atoms with Crippen molar-refractivity contribution >= 4 is 0 Å². The van der Waals surface area contributed by atoms with Gasteiger partial charge in [-0.1, -0.05) is 0 Å². The summed E-state index contributed by atoms with van der Waals surface area (Å²) in [4.78, 5) is 0. The van der Waals surface area contributed by atoms with Crippen LogP contribution in [0.25, 0.3) is 0 Å². The van der Waals surface area contributed by atoms with E-state index in [0.717, 1.165) is 10.3 Å². The molecule has 0 unspecified atom stereocenters. The molecule has 0 spiro atoms. The summed E-state index contributed by atoms with van der Waals surface area (Å²) in [6.07, 6.45) is 3.34. The Morgan fingerprint density at radius 2 is 2.50 bits per heavy atom. The fourth-order valence-corrected chi connectivity index (χ4v) is 0.707. The van der Waals surface area contributed by atoms with Gasteiger partial charge in [-0.3, -0.25) is 5.21 Å². The van der Waals surface area contributed by atoms with Crippen molar-refractivity contribution in [1.29, 1.82) is 5.26 Å². The average Bonchev–Trinajstić information content (AvgIpc) is 1.88. The van der Waals surface area contributed by atoms with Gasteiger partial charge in [0.25, 0.3) is 0 Å². The molecule has 1 rings (SSSR count). The van der Waals surface area contributed by atoms with Crippen molar-refractivity contribution in [2.45, 2.75) is 6.42 Å². The Hall–Kier alpha value is -1.56. The molecule has 0 atom stereocenters. The molecule has 1 aromatic rings. The second-order valence-corrected chi connectivity index (χ2v) is 1.93. The van der Waals surface area contributed by atoms with Crippen molar-refractivity contribution in [2.75, 3.05) is 0 Å². The number of pyridine rings is 1. The minimum Gasteiger partial charge on any atom is -0.285 e. The van der Waals surface area contributed by atoms with Crippen LogP contribution in [-0.2, 0) is 6.42 Å². The third-order valence-electron chi connectivity index (χ3n) is 1.13. The first kappa shape index (κ1) is 6.56. The largest absolute Gasteiger partial charge is 0.285 e. The Morgan fingerprint density at radius 3 is 3.10 bits per heavy atom. The van der Waals surface area contributed by atoms with Gasteiger partial charge in [-0.2, -0.15) is 5.26 Å². The molecule has 3 nitrogen and oxygen atoms in total. The summed E-state index contributed by atoms with van der Waals surface area (Å²) in [5.74, 6) is 0. The standard InChI is InChI=1S/C7H7N2O/c8-4-3-7-2-1-5-9(10)6-7/h1-2,5-6,10H,3H2/q+1. The Balaban J connectivity index is 2.87. The van der Waals surface area contributed by atoms with Gasteiger partial charge in [-0.15, -0.1) is 0 Å². The van der Waals surface area contributed by atoms with E-state index < -0.39 is 0 Å². The molecule has 0 bridgehead atoms. The van der Waals surface area contributed by atoms with E-state index in [1.165, 1.54) is 12.4 Å². The van der Waals surface area contributed by atoms with E-state index in [9.17, 15) is 0 Å². The maximum absolute atomic E-state index is 8.85. The predicted octanol–water partition coefficient (Wildman–Crippen LogP) is 0.277. The maximum Gasteiger partial charge on any atom is 0.226 e. The van der Waals surface area contributed by atoms with Crippen LogP contribution in [0.15, 0.2) is 24.5 Å². The fraction of sp³-hybridized carbons (Fsp3) is 0.143. The maximum atomic E-state index is 8.85.